The van der Waals surface area contributed by atoms with Crippen LogP contribution in [0.15, 0.2) is 35.8 Å². The van der Waals surface area contributed by atoms with Crippen LogP contribution >= 0.6 is 0 Å². The zero-order chi connectivity index (χ0) is 17.4. The number of nitro groups is 1. The highest BCUT2D eigenvalue weighted by Gasteiger charge is 2.34. The molecule has 0 fully saturated rings. The highest BCUT2D eigenvalue weighted by molar-refractivity contribution is 6.36. The van der Waals surface area contributed by atoms with Crippen molar-refractivity contribution in [1.82, 2.24) is 14.1 Å². The number of benzene rings is 1. The molecule has 120 valence electrons. The van der Waals surface area contributed by atoms with Gasteiger partial charge in [-0.1, -0.05) is 0 Å². The lowest BCUT2D eigenvalue weighted by atomic mass is 10.2. The lowest BCUT2D eigenvalue weighted by molar-refractivity contribution is -0.384. The lowest BCUT2D eigenvalue weighted by Crippen LogP contribution is -2.52. The van der Waals surface area contributed by atoms with Crippen LogP contribution in [0.2, 0.25) is 0 Å². The van der Waals surface area contributed by atoms with E-state index in [0.717, 1.165) is 10.6 Å². The molecule has 0 saturated carbocycles. The number of imidazole rings is 1. The number of amides is 2. The van der Waals surface area contributed by atoms with Gasteiger partial charge in [-0.3, -0.25) is 19.5 Å². The van der Waals surface area contributed by atoms with Crippen LogP contribution in [0.25, 0.3) is 5.69 Å². The lowest BCUT2D eigenvalue weighted by Gasteiger charge is -2.05. The Kier molecular flexibility index (Phi) is 3.45. The molecule has 0 radical (unpaired) electrons. The minimum absolute atomic E-state index is 0.00343. The molecule has 2 amide bonds. The summed E-state index contributed by atoms with van der Waals surface area (Å²) < 4.78 is 2.05. The van der Waals surface area contributed by atoms with E-state index in [1.54, 1.807) is 0 Å². The third-order valence-corrected chi connectivity index (χ3v) is 3.29. The number of hydrogen-bond acceptors (Lipinski definition) is 6. The van der Waals surface area contributed by atoms with Gasteiger partial charge in [0.1, 0.15) is 11.0 Å². The Morgan fingerprint density at radius 2 is 2.12 bits per heavy atom. The van der Waals surface area contributed by atoms with Gasteiger partial charge in [0.25, 0.3) is 5.69 Å². The quantitative estimate of drug-likeness (QED) is 0.296. The molecule has 11 nitrogen and oxygen atoms in total. The van der Waals surface area contributed by atoms with Crippen LogP contribution in [0.3, 0.4) is 0 Å². The van der Waals surface area contributed by atoms with Gasteiger partial charge in [0.05, 0.1) is 17.3 Å². The van der Waals surface area contributed by atoms with E-state index in [1.165, 1.54) is 29.4 Å². The fourth-order valence-electron chi connectivity index (χ4n) is 2.29. The zero-order valence-electron chi connectivity index (χ0n) is 11.8. The summed E-state index contributed by atoms with van der Waals surface area (Å²) in [5.41, 5.74) is -0.308. The Hall–Kier alpha value is -3.76. The van der Waals surface area contributed by atoms with Crippen LogP contribution in [-0.2, 0) is 14.4 Å². The van der Waals surface area contributed by atoms with Crippen LogP contribution < -0.4 is 15.3 Å². The number of aromatic nitrogens is 2. The second-order valence-electron chi connectivity index (χ2n) is 4.76. The molecule has 1 aliphatic heterocycles. The van der Waals surface area contributed by atoms with Gasteiger partial charge in [0.15, 0.2) is 0 Å². The summed E-state index contributed by atoms with van der Waals surface area (Å²) in [6, 6.07) is 2.25. The number of nitrogens with zero attached hydrogens (tertiary/aromatic N) is 5. The second-order valence-corrected chi connectivity index (χ2v) is 4.76. The number of carbonyl (C=O) groups excluding carboxylic acids is 2. The third kappa shape index (κ3) is 2.43. The molecule has 1 N–H and O–H groups in total. The highest BCUT2D eigenvalue weighted by atomic mass is 16.6. The largest absolute Gasteiger partial charge is 0.480 e. The predicted octanol–water partition coefficient (Wildman–Crippen LogP) is -1.96. The van der Waals surface area contributed by atoms with Crippen molar-refractivity contribution in [2.45, 2.75) is 0 Å². The van der Waals surface area contributed by atoms with Gasteiger partial charge in [-0.15, -0.1) is 4.58 Å². The maximum absolute atomic E-state index is 11.9. The first kappa shape index (κ1) is 15.1. The summed E-state index contributed by atoms with van der Waals surface area (Å²) in [5, 5.41) is 20.1. The van der Waals surface area contributed by atoms with E-state index in [2.05, 4.69) is 9.98 Å². The van der Waals surface area contributed by atoms with Crippen molar-refractivity contribution in [1.29, 1.82) is 0 Å². The molecule has 0 saturated heterocycles. The van der Waals surface area contributed by atoms with Crippen molar-refractivity contribution in [2.75, 3.05) is 6.54 Å². The smallest absolute Gasteiger partial charge is 0.477 e. The van der Waals surface area contributed by atoms with Crippen molar-refractivity contribution >= 4 is 23.5 Å². The van der Waals surface area contributed by atoms with Gasteiger partial charge >= 0.3 is 17.8 Å². The average molecular weight is 330 g/mol. The number of carboxylic acid groups (broad SMARTS) is 1. The number of fused-ring (bicyclic) bond motifs is 1. The minimum Gasteiger partial charge on any atom is -0.477 e. The van der Waals surface area contributed by atoms with Crippen molar-refractivity contribution in [2.24, 2.45) is 4.99 Å². The topological polar surface area (TPSA) is 148 Å². The molecule has 11 heteroatoms. The SMILES string of the molecule is O=C(O)C[N+]1=c2cc(-n3ccnc3)c([N+](=O)[O-])cc2=NC(=O)C1=O. The fraction of sp³-hybridized carbons (Fsp3) is 0.0769. The van der Waals surface area contributed by atoms with Crippen LogP contribution in [0.5, 0.6) is 0 Å². The Balaban J connectivity index is 2.43. The number of carbonyl (C=O) groups is 3. The standard InChI is InChI=1S/C13H7N5O6/c19-11(20)5-17-8-4-9(16-2-1-14-6-16)10(18(23)24)3-7(8)15-12(21)13(17)22/h1-4,6H,5H2/p+1. The van der Waals surface area contributed by atoms with Crippen molar-refractivity contribution in [3.63, 3.8) is 0 Å². The summed E-state index contributed by atoms with van der Waals surface area (Å²) in [7, 11) is 0. The molecular weight excluding hydrogens is 322 g/mol. The molecule has 0 spiro atoms. The molecule has 1 aliphatic rings. The van der Waals surface area contributed by atoms with E-state index < -0.39 is 29.3 Å². The first-order chi connectivity index (χ1) is 11.4. The van der Waals surface area contributed by atoms with Crippen molar-refractivity contribution in [3.8, 4) is 5.69 Å². The Morgan fingerprint density at radius 1 is 1.38 bits per heavy atom. The maximum Gasteiger partial charge on any atom is 0.480 e. The van der Waals surface area contributed by atoms with E-state index in [9.17, 15) is 24.5 Å². The van der Waals surface area contributed by atoms with Gasteiger partial charge in [-0.2, -0.15) is 4.99 Å². The maximum atomic E-state index is 11.9. The van der Waals surface area contributed by atoms with Gasteiger partial charge in [-0.25, -0.2) is 14.6 Å². The van der Waals surface area contributed by atoms with E-state index in [0.29, 0.717) is 0 Å². The van der Waals surface area contributed by atoms with Crippen LogP contribution in [0.4, 0.5) is 5.69 Å². The number of hydrogen-bond donors (Lipinski definition) is 1. The van der Waals surface area contributed by atoms with Gasteiger partial charge in [0, 0.05) is 18.5 Å². The molecule has 0 bridgehead atoms. The summed E-state index contributed by atoms with van der Waals surface area (Å²) >= 11 is 0. The highest BCUT2D eigenvalue weighted by Crippen LogP contribution is 2.18. The molecule has 1 aromatic heterocycles. The summed E-state index contributed by atoms with van der Waals surface area (Å²) in [5.74, 6) is -3.64. The Morgan fingerprint density at radius 3 is 2.71 bits per heavy atom. The number of carboxylic acids is 1. The molecule has 2 aromatic rings. The van der Waals surface area contributed by atoms with Crippen molar-refractivity contribution in [3.05, 3.63) is 51.7 Å². The molecule has 1 aromatic carbocycles. The van der Waals surface area contributed by atoms with E-state index >= 15 is 0 Å². The number of nitro benzene ring substituents is 1. The third-order valence-electron chi connectivity index (χ3n) is 3.29. The summed E-state index contributed by atoms with van der Waals surface area (Å²) in [6.45, 7) is -0.770. The van der Waals surface area contributed by atoms with E-state index in [4.69, 9.17) is 5.11 Å². The molecule has 0 aliphatic carbocycles. The van der Waals surface area contributed by atoms with Crippen LogP contribution in [0, 0.1) is 10.1 Å². The van der Waals surface area contributed by atoms with Crippen LogP contribution in [0.1, 0.15) is 0 Å². The molecule has 0 unspecified atom stereocenters. The Labute approximate surface area is 132 Å². The van der Waals surface area contributed by atoms with E-state index in [-0.39, 0.29) is 22.1 Å². The first-order valence-electron chi connectivity index (χ1n) is 6.48. The minimum atomic E-state index is -1.34. The first-order valence-corrected chi connectivity index (χ1v) is 6.48. The van der Waals surface area contributed by atoms with Crippen LogP contribution in [-0.4, -0.2) is 43.9 Å². The fourth-order valence-corrected chi connectivity index (χ4v) is 2.29. The predicted molar refractivity (Wildman–Crippen MR) is 74.8 cm³/mol. The molecule has 2 heterocycles. The summed E-state index contributed by atoms with van der Waals surface area (Å²) in [6.07, 6.45) is 4.16. The molecule has 3 rings (SSSR count). The monoisotopic (exact) mass is 330 g/mol. The number of aliphatic carboxylic acids is 1. The second kappa shape index (κ2) is 5.46. The normalized spacial score (nSPS) is 13.4. The average Bonchev–Trinajstić information content (AvgIpc) is 3.04. The zero-order valence-corrected chi connectivity index (χ0v) is 11.8. The number of rotatable bonds is 4. The molecule has 24 heavy (non-hydrogen) atoms. The van der Waals surface area contributed by atoms with Gasteiger partial charge in [-0.05, 0) is 0 Å². The van der Waals surface area contributed by atoms with E-state index in [1.807, 2.05) is 0 Å². The van der Waals surface area contributed by atoms with Gasteiger partial charge < -0.3 is 5.11 Å². The van der Waals surface area contributed by atoms with Crippen molar-refractivity contribution < 1.29 is 24.4 Å². The molecule has 0 atom stereocenters. The molecular formula is C13H8N5O6+. The van der Waals surface area contributed by atoms with Gasteiger partial charge in [0.2, 0.25) is 11.9 Å². The summed E-state index contributed by atoms with van der Waals surface area (Å²) in [4.78, 5) is 52.4. The Bertz CT molecular complexity index is 1020.